The fourth-order valence-electron chi connectivity index (χ4n) is 1.77. The Kier molecular flexibility index (Phi) is 9.29. The molecular formula is C15H27NO2. The largest absolute Gasteiger partial charge is 0.465 e. The Labute approximate surface area is 111 Å². The molecule has 2 unspecified atom stereocenters. The van der Waals surface area contributed by atoms with Gasteiger partial charge in [-0.05, 0) is 18.8 Å². The number of esters is 1. The third-order valence-corrected chi connectivity index (χ3v) is 2.73. The number of nitrogens with two attached hydrogens (primary N) is 1. The Hall–Kier alpha value is -1.09. The summed E-state index contributed by atoms with van der Waals surface area (Å²) in [5, 5.41) is 0. The van der Waals surface area contributed by atoms with Gasteiger partial charge >= 0.3 is 5.97 Å². The molecule has 1 aliphatic carbocycles. The molecule has 0 amide bonds. The zero-order chi connectivity index (χ0) is 14.0. The van der Waals surface area contributed by atoms with Crippen molar-refractivity contribution in [2.75, 3.05) is 7.11 Å². The first-order chi connectivity index (χ1) is 8.60. The van der Waals surface area contributed by atoms with Crippen molar-refractivity contribution in [3.8, 4) is 0 Å². The molecule has 0 bridgehead atoms. The van der Waals surface area contributed by atoms with Crippen LogP contribution in [-0.2, 0) is 9.53 Å². The minimum Gasteiger partial charge on any atom is -0.465 e. The first-order valence-corrected chi connectivity index (χ1v) is 6.82. The summed E-state index contributed by atoms with van der Waals surface area (Å²) >= 11 is 0. The Morgan fingerprint density at radius 1 is 1.50 bits per heavy atom. The van der Waals surface area contributed by atoms with Crippen LogP contribution in [0.5, 0.6) is 0 Å². The number of hydrogen-bond donors (Lipinski definition) is 1. The van der Waals surface area contributed by atoms with Gasteiger partial charge in [-0.2, -0.15) is 0 Å². The summed E-state index contributed by atoms with van der Waals surface area (Å²) < 4.78 is 4.64. The highest BCUT2D eigenvalue weighted by Gasteiger charge is 2.18. The summed E-state index contributed by atoms with van der Waals surface area (Å²) in [6.07, 6.45) is 9.95. The van der Waals surface area contributed by atoms with Crippen LogP contribution in [0, 0.1) is 5.92 Å². The molecule has 0 fully saturated rings. The standard InChI is InChI=1S/C12H19NO2.C3H8/c1-3-4-11(13)9-5-7-10(8-6-9)12(14)15-2;1-3-2/h5,7-9,11H,3-4,6,13H2,1-2H3;3H2,1-2H3. The molecule has 3 heteroatoms. The van der Waals surface area contributed by atoms with E-state index in [-0.39, 0.29) is 12.0 Å². The van der Waals surface area contributed by atoms with Gasteiger partial charge in [-0.25, -0.2) is 4.79 Å². The van der Waals surface area contributed by atoms with Gasteiger partial charge in [0.05, 0.1) is 12.7 Å². The van der Waals surface area contributed by atoms with Crippen LogP contribution in [-0.4, -0.2) is 19.1 Å². The Bertz CT molecular complexity index is 295. The van der Waals surface area contributed by atoms with Crippen LogP contribution in [0.4, 0.5) is 0 Å². The van der Waals surface area contributed by atoms with Gasteiger partial charge in [-0.15, -0.1) is 0 Å². The molecule has 0 aromatic rings. The highest BCUT2D eigenvalue weighted by atomic mass is 16.5. The fourth-order valence-corrected chi connectivity index (χ4v) is 1.77. The van der Waals surface area contributed by atoms with Gasteiger partial charge in [0.15, 0.2) is 0 Å². The number of methoxy groups -OCH3 is 1. The molecule has 0 aliphatic heterocycles. The molecule has 0 heterocycles. The molecule has 0 aromatic heterocycles. The average Bonchev–Trinajstić information content (AvgIpc) is 2.39. The van der Waals surface area contributed by atoms with Crippen molar-refractivity contribution in [3.05, 3.63) is 23.8 Å². The topological polar surface area (TPSA) is 52.3 Å². The van der Waals surface area contributed by atoms with Crippen LogP contribution < -0.4 is 5.73 Å². The quantitative estimate of drug-likeness (QED) is 0.783. The maximum atomic E-state index is 11.2. The van der Waals surface area contributed by atoms with Gasteiger partial charge < -0.3 is 10.5 Å². The SMILES string of the molecule is CCC.CCCC(N)C1C=CC(C(=O)OC)=CC1. The van der Waals surface area contributed by atoms with Gasteiger partial charge in [0.25, 0.3) is 0 Å². The number of carbonyl (C=O) groups is 1. The van der Waals surface area contributed by atoms with Crippen molar-refractivity contribution in [1.82, 2.24) is 0 Å². The molecular weight excluding hydrogens is 226 g/mol. The lowest BCUT2D eigenvalue weighted by molar-refractivity contribution is -0.135. The van der Waals surface area contributed by atoms with E-state index in [0.717, 1.165) is 19.3 Å². The molecule has 18 heavy (non-hydrogen) atoms. The second-order valence-electron chi connectivity index (χ2n) is 4.57. The van der Waals surface area contributed by atoms with Gasteiger partial charge in [0.2, 0.25) is 0 Å². The number of hydrogen-bond acceptors (Lipinski definition) is 3. The van der Waals surface area contributed by atoms with Crippen molar-refractivity contribution in [2.45, 2.75) is 52.5 Å². The zero-order valence-electron chi connectivity index (χ0n) is 12.1. The molecule has 2 atom stereocenters. The summed E-state index contributed by atoms with van der Waals surface area (Å²) in [5.74, 6) is 0.0899. The van der Waals surface area contributed by atoms with Crippen molar-refractivity contribution in [3.63, 3.8) is 0 Å². The van der Waals surface area contributed by atoms with Crippen molar-refractivity contribution in [1.29, 1.82) is 0 Å². The third-order valence-electron chi connectivity index (χ3n) is 2.73. The van der Waals surface area contributed by atoms with Crippen LogP contribution in [0.25, 0.3) is 0 Å². The molecule has 2 N–H and O–H groups in total. The van der Waals surface area contributed by atoms with E-state index in [1.165, 1.54) is 13.5 Å². The van der Waals surface area contributed by atoms with Crippen LogP contribution in [0.15, 0.2) is 23.8 Å². The fraction of sp³-hybridized carbons (Fsp3) is 0.667. The summed E-state index contributed by atoms with van der Waals surface area (Å²) in [4.78, 5) is 11.2. The molecule has 104 valence electrons. The van der Waals surface area contributed by atoms with E-state index in [2.05, 4.69) is 25.5 Å². The van der Waals surface area contributed by atoms with Crippen LogP contribution in [0.2, 0.25) is 0 Å². The van der Waals surface area contributed by atoms with Gasteiger partial charge in [0, 0.05) is 6.04 Å². The lowest BCUT2D eigenvalue weighted by Crippen LogP contribution is -2.29. The monoisotopic (exact) mass is 253 g/mol. The minimum absolute atomic E-state index is 0.196. The Morgan fingerprint density at radius 3 is 2.50 bits per heavy atom. The van der Waals surface area contributed by atoms with Crippen molar-refractivity contribution in [2.24, 2.45) is 11.7 Å². The van der Waals surface area contributed by atoms with Crippen LogP contribution in [0.1, 0.15) is 46.5 Å². The molecule has 1 rings (SSSR count). The predicted octanol–water partition coefficient (Wildman–Crippen LogP) is 3.21. The highest BCUT2D eigenvalue weighted by molar-refractivity contribution is 5.91. The molecule has 1 aliphatic rings. The molecule has 0 saturated carbocycles. The van der Waals surface area contributed by atoms with E-state index in [1.807, 2.05) is 18.2 Å². The third kappa shape index (κ3) is 6.01. The van der Waals surface area contributed by atoms with Crippen molar-refractivity contribution >= 4 is 5.97 Å². The normalized spacial score (nSPS) is 19.4. The lowest BCUT2D eigenvalue weighted by atomic mass is 9.88. The first-order valence-electron chi connectivity index (χ1n) is 6.82. The summed E-state index contributed by atoms with van der Waals surface area (Å²) in [5.41, 5.74) is 6.65. The second kappa shape index (κ2) is 9.89. The minimum atomic E-state index is -0.270. The highest BCUT2D eigenvalue weighted by Crippen LogP contribution is 2.21. The molecule has 0 spiro atoms. The number of rotatable bonds is 4. The van der Waals surface area contributed by atoms with Crippen LogP contribution in [0.3, 0.4) is 0 Å². The van der Waals surface area contributed by atoms with Crippen LogP contribution >= 0.6 is 0 Å². The molecule has 3 nitrogen and oxygen atoms in total. The maximum absolute atomic E-state index is 11.2. The second-order valence-corrected chi connectivity index (χ2v) is 4.57. The van der Waals surface area contributed by atoms with E-state index in [4.69, 9.17) is 5.73 Å². The Balaban J connectivity index is 0.000000873. The summed E-state index contributed by atoms with van der Waals surface area (Å²) in [7, 11) is 1.39. The average molecular weight is 253 g/mol. The first kappa shape index (κ1) is 16.9. The van der Waals surface area contributed by atoms with E-state index in [9.17, 15) is 4.79 Å². The van der Waals surface area contributed by atoms with Crippen molar-refractivity contribution < 1.29 is 9.53 Å². The van der Waals surface area contributed by atoms with Gasteiger partial charge in [-0.1, -0.05) is 51.8 Å². The molecule has 0 radical (unpaired) electrons. The van der Waals surface area contributed by atoms with E-state index < -0.39 is 0 Å². The predicted molar refractivity (Wildman–Crippen MR) is 76.2 cm³/mol. The molecule has 0 saturated heterocycles. The van der Waals surface area contributed by atoms with E-state index in [0.29, 0.717) is 11.5 Å². The van der Waals surface area contributed by atoms with Gasteiger partial charge in [0.1, 0.15) is 0 Å². The van der Waals surface area contributed by atoms with E-state index >= 15 is 0 Å². The Morgan fingerprint density at radius 2 is 2.11 bits per heavy atom. The summed E-state index contributed by atoms with van der Waals surface area (Å²) in [6, 6.07) is 0.196. The molecule has 0 aromatic carbocycles. The van der Waals surface area contributed by atoms with E-state index in [1.54, 1.807) is 0 Å². The number of carbonyl (C=O) groups excluding carboxylic acids is 1. The number of ether oxygens (including phenoxy) is 1. The maximum Gasteiger partial charge on any atom is 0.337 e. The number of allylic oxidation sites excluding steroid dienone is 1. The van der Waals surface area contributed by atoms with Gasteiger partial charge in [-0.3, -0.25) is 0 Å². The summed E-state index contributed by atoms with van der Waals surface area (Å²) in [6.45, 7) is 6.38. The zero-order valence-corrected chi connectivity index (χ0v) is 12.1. The lowest BCUT2D eigenvalue weighted by Gasteiger charge is -2.21. The smallest absolute Gasteiger partial charge is 0.337 e.